The van der Waals surface area contributed by atoms with Gasteiger partial charge in [0.25, 0.3) is 5.91 Å². The Morgan fingerprint density at radius 3 is 2.00 bits per heavy atom. The van der Waals surface area contributed by atoms with E-state index in [0.717, 1.165) is 0 Å². The highest BCUT2D eigenvalue weighted by Gasteiger charge is 2.21. The monoisotopic (exact) mass is 235 g/mol. The SMILES string of the molecule is CC.CC(NC(=O)c1ccccc1)C(C)(C)C. The third-order valence-corrected chi connectivity index (χ3v) is 2.68. The van der Waals surface area contributed by atoms with E-state index in [9.17, 15) is 4.79 Å². The fourth-order valence-corrected chi connectivity index (χ4v) is 1.09. The quantitative estimate of drug-likeness (QED) is 0.828. The Morgan fingerprint density at radius 1 is 1.12 bits per heavy atom. The fourth-order valence-electron chi connectivity index (χ4n) is 1.09. The van der Waals surface area contributed by atoms with Gasteiger partial charge in [0.15, 0.2) is 0 Å². The van der Waals surface area contributed by atoms with Crippen molar-refractivity contribution in [1.82, 2.24) is 5.32 Å². The maximum Gasteiger partial charge on any atom is 0.251 e. The summed E-state index contributed by atoms with van der Waals surface area (Å²) in [5.41, 5.74) is 0.804. The van der Waals surface area contributed by atoms with E-state index < -0.39 is 0 Å². The lowest BCUT2D eigenvalue weighted by Gasteiger charge is -2.28. The predicted molar refractivity (Wildman–Crippen MR) is 74.2 cm³/mol. The summed E-state index contributed by atoms with van der Waals surface area (Å²) < 4.78 is 0. The normalized spacial score (nSPS) is 12.1. The highest BCUT2D eigenvalue weighted by Crippen LogP contribution is 2.18. The molecule has 1 amide bonds. The zero-order valence-corrected chi connectivity index (χ0v) is 11.9. The average molecular weight is 235 g/mol. The molecule has 1 aromatic carbocycles. The fraction of sp³-hybridized carbons (Fsp3) is 0.533. The molecule has 1 unspecified atom stereocenters. The minimum absolute atomic E-state index is 0.00183. The molecule has 0 saturated carbocycles. The topological polar surface area (TPSA) is 29.1 Å². The molecule has 1 N–H and O–H groups in total. The zero-order chi connectivity index (χ0) is 13.5. The van der Waals surface area contributed by atoms with Crippen molar-refractivity contribution in [2.45, 2.75) is 47.6 Å². The van der Waals surface area contributed by atoms with Crippen molar-refractivity contribution in [2.75, 3.05) is 0 Å². The molecule has 0 aromatic heterocycles. The number of amides is 1. The minimum atomic E-state index is -0.00183. The van der Waals surface area contributed by atoms with Gasteiger partial charge in [-0.15, -0.1) is 0 Å². The van der Waals surface area contributed by atoms with Gasteiger partial charge in [0.05, 0.1) is 0 Å². The highest BCUT2D eigenvalue weighted by atomic mass is 16.1. The van der Waals surface area contributed by atoms with Crippen LogP contribution in [0.2, 0.25) is 0 Å². The third kappa shape index (κ3) is 5.53. The summed E-state index contributed by atoms with van der Waals surface area (Å²) in [7, 11) is 0. The van der Waals surface area contributed by atoms with Crippen LogP contribution in [0.4, 0.5) is 0 Å². The highest BCUT2D eigenvalue weighted by molar-refractivity contribution is 5.94. The molecule has 1 rings (SSSR count). The molecule has 0 fully saturated rings. The first-order valence-electron chi connectivity index (χ1n) is 6.27. The lowest BCUT2D eigenvalue weighted by molar-refractivity contribution is 0.0910. The first-order chi connectivity index (χ1) is 7.91. The van der Waals surface area contributed by atoms with Crippen molar-refractivity contribution in [1.29, 1.82) is 0 Å². The Balaban J connectivity index is 0.00000121. The van der Waals surface area contributed by atoms with Crippen LogP contribution in [0, 0.1) is 5.41 Å². The van der Waals surface area contributed by atoms with E-state index in [4.69, 9.17) is 0 Å². The number of rotatable bonds is 2. The van der Waals surface area contributed by atoms with Crippen LogP contribution in [0.15, 0.2) is 30.3 Å². The van der Waals surface area contributed by atoms with Crippen LogP contribution in [0.3, 0.4) is 0 Å². The van der Waals surface area contributed by atoms with Gasteiger partial charge < -0.3 is 5.32 Å². The van der Waals surface area contributed by atoms with Gasteiger partial charge in [0.1, 0.15) is 0 Å². The van der Waals surface area contributed by atoms with Crippen LogP contribution in [-0.4, -0.2) is 11.9 Å². The van der Waals surface area contributed by atoms with Gasteiger partial charge >= 0.3 is 0 Å². The molecular formula is C15H25NO. The average Bonchev–Trinajstić information content (AvgIpc) is 2.31. The molecule has 17 heavy (non-hydrogen) atoms. The molecule has 1 aromatic rings. The second-order valence-electron chi connectivity index (χ2n) is 4.93. The Labute approximate surface area is 105 Å². The van der Waals surface area contributed by atoms with Crippen molar-refractivity contribution in [2.24, 2.45) is 5.41 Å². The second kappa shape index (κ2) is 7.10. The van der Waals surface area contributed by atoms with Crippen molar-refractivity contribution in [3.8, 4) is 0 Å². The van der Waals surface area contributed by atoms with Crippen molar-refractivity contribution in [3.05, 3.63) is 35.9 Å². The van der Waals surface area contributed by atoms with Gasteiger partial charge in [0.2, 0.25) is 0 Å². The summed E-state index contributed by atoms with van der Waals surface area (Å²) in [6, 6.07) is 9.46. The molecule has 0 aliphatic heterocycles. The Bertz CT molecular complexity index is 325. The van der Waals surface area contributed by atoms with Crippen LogP contribution < -0.4 is 5.32 Å². The van der Waals surface area contributed by atoms with E-state index in [1.807, 2.05) is 51.1 Å². The summed E-state index contributed by atoms with van der Waals surface area (Å²) in [6.07, 6.45) is 0. The number of carbonyl (C=O) groups is 1. The smallest absolute Gasteiger partial charge is 0.251 e. The molecule has 0 aliphatic carbocycles. The van der Waals surface area contributed by atoms with E-state index in [1.165, 1.54) is 0 Å². The second-order valence-corrected chi connectivity index (χ2v) is 4.93. The maximum absolute atomic E-state index is 11.8. The number of hydrogen-bond acceptors (Lipinski definition) is 1. The molecule has 0 spiro atoms. The van der Waals surface area contributed by atoms with E-state index in [-0.39, 0.29) is 17.4 Å². The summed E-state index contributed by atoms with van der Waals surface area (Å²) in [5, 5.41) is 3.00. The predicted octanol–water partition coefficient (Wildman–Crippen LogP) is 3.88. The molecule has 1 atom stereocenters. The largest absolute Gasteiger partial charge is 0.349 e. The Kier molecular flexibility index (Phi) is 6.55. The lowest BCUT2D eigenvalue weighted by atomic mass is 9.88. The number of hydrogen-bond donors (Lipinski definition) is 1. The van der Waals surface area contributed by atoms with Crippen molar-refractivity contribution >= 4 is 5.91 Å². The number of benzene rings is 1. The van der Waals surface area contributed by atoms with Crippen molar-refractivity contribution < 1.29 is 4.79 Å². The summed E-state index contributed by atoms with van der Waals surface area (Å²) in [4.78, 5) is 11.8. The van der Waals surface area contributed by atoms with Crippen LogP contribution in [0.5, 0.6) is 0 Å². The summed E-state index contributed by atoms with van der Waals surface area (Å²) >= 11 is 0. The van der Waals surface area contributed by atoms with Crippen LogP contribution in [-0.2, 0) is 0 Å². The molecule has 96 valence electrons. The zero-order valence-electron chi connectivity index (χ0n) is 11.9. The number of nitrogens with one attached hydrogen (secondary N) is 1. The van der Waals surface area contributed by atoms with E-state index in [2.05, 4.69) is 26.1 Å². The van der Waals surface area contributed by atoms with Crippen LogP contribution in [0.1, 0.15) is 51.9 Å². The first-order valence-corrected chi connectivity index (χ1v) is 6.27. The van der Waals surface area contributed by atoms with Crippen LogP contribution in [0.25, 0.3) is 0 Å². The van der Waals surface area contributed by atoms with Gasteiger partial charge in [-0.05, 0) is 24.5 Å². The lowest BCUT2D eigenvalue weighted by Crippen LogP contribution is -2.41. The summed E-state index contributed by atoms with van der Waals surface area (Å²) in [5.74, 6) is -0.00183. The molecule has 2 heteroatoms. The number of carbonyl (C=O) groups excluding carboxylic acids is 1. The van der Waals surface area contributed by atoms with Crippen LogP contribution >= 0.6 is 0 Å². The molecule has 0 aliphatic rings. The van der Waals surface area contributed by atoms with Gasteiger partial charge in [0, 0.05) is 11.6 Å². The van der Waals surface area contributed by atoms with E-state index in [1.54, 1.807) is 0 Å². The maximum atomic E-state index is 11.8. The molecular weight excluding hydrogens is 210 g/mol. The van der Waals surface area contributed by atoms with Crippen molar-refractivity contribution in [3.63, 3.8) is 0 Å². The Morgan fingerprint density at radius 2 is 1.59 bits per heavy atom. The third-order valence-electron chi connectivity index (χ3n) is 2.68. The van der Waals surface area contributed by atoms with E-state index in [0.29, 0.717) is 5.56 Å². The van der Waals surface area contributed by atoms with Gasteiger partial charge in [-0.2, -0.15) is 0 Å². The van der Waals surface area contributed by atoms with E-state index >= 15 is 0 Å². The van der Waals surface area contributed by atoms with Gasteiger partial charge in [-0.25, -0.2) is 0 Å². The first kappa shape index (κ1) is 15.7. The molecule has 0 saturated heterocycles. The standard InChI is InChI=1S/C13H19NO.C2H6/c1-10(13(2,3)4)14-12(15)11-8-6-5-7-9-11;1-2/h5-10H,1-4H3,(H,14,15);1-2H3. The van der Waals surface area contributed by atoms with Gasteiger partial charge in [-0.3, -0.25) is 4.79 Å². The molecule has 2 nitrogen and oxygen atoms in total. The molecule has 0 bridgehead atoms. The van der Waals surface area contributed by atoms with Gasteiger partial charge in [-0.1, -0.05) is 52.8 Å². The summed E-state index contributed by atoms with van der Waals surface area (Å²) in [6.45, 7) is 12.4. The minimum Gasteiger partial charge on any atom is -0.349 e. The Hall–Kier alpha value is -1.31. The molecule has 0 radical (unpaired) electrons. The molecule has 0 heterocycles.